The summed E-state index contributed by atoms with van der Waals surface area (Å²) in [5.41, 5.74) is 2.23. The van der Waals surface area contributed by atoms with Crippen LogP contribution in [0.15, 0.2) is 53.3 Å². The van der Waals surface area contributed by atoms with Gasteiger partial charge in [0.2, 0.25) is 11.6 Å². The number of nitrogens with one attached hydrogen (secondary N) is 1. The van der Waals surface area contributed by atoms with E-state index in [0.717, 1.165) is 23.3 Å². The molecule has 0 unspecified atom stereocenters. The average molecular weight is 405 g/mol. The molecule has 4 aromatic rings. The summed E-state index contributed by atoms with van der Waals surface area (Å²) in [6.07, 6.45) is 1.61. The van der Waals surface area contributed by atoms with Gasteiger partial charge < -0.3 is 10.1 Å². The molecule has 4 rings (SSSR count). The van der Waals surface area contributed by atoms with Crippen molar-refractivity contribution in [3.63, 3.8) is 0 Å². The molecule has 2 aromatic carbocycles. The van der Waals surface area contributed by atoms with E-state index in [1.807, 2.05) is 48.5 Å². The minimum atomic E-state index is -0.337. The highest BCUT2D eigenvalue weighted by atomic mass is 16.5. The third kappa shape index (κ3) is 3.52. The van der Waals surface area contributed by atoms with Gasteiger partial charge in [0, 0.05) is 18.5 Å². The van der Waals surface area contributed by atoms with Gasteiger partial charge in [0.15, 0.2) is 0 Å². The van der Waals surface area contributed by atoms with Crippen LogP contribution in [-0.4, -0.2) is 32.2 Å². The number of carbonyl (C=O) groups is 1. The lowest BCUT2D eigenvalue weighted by atomic mass is 10.2. The molecule has 8 heteroatoms. The number of hydrogen-bond donors (Lipinski definition) is 1. The summed E-state index contributed by atoms with van der Waals surface area (Å²) in [4.78, 5) is 25.8. The Labute approximate surface area is 173 Å². The first-order valence-corrected chi connectivity index (χ1v) is 9.88. The zero-order chi connectivity index (χ0) is 21.1. The highest BCUT2D eigenvalue weighted by Crippen LogP contribution is 2.18. The van der Waals surface area contributed by atoms with Crippen LogP contribution in [0.4, 0.5) is 0 Å². The van der Waals surface area contributed by atoms with Gasteiger partial charge in [-0.1, -0.05) is 37.3 Å². The molecule has 0 fully saturated rings. The normalized spacial score (nSPS) is 11.1. The van der Waals surface area contributed by atoms with Gasteiger partial charge in [0.05, 0.1) is 18.1 Å². The monoisotopic (exact) mass is 405 g/mol. The summed E-state index contributed by atoms with van der Waals surface area (Å²) in [6.45, 7) is 2.25. The number of benzene rings is 2. The van der Waals surface area contributed by atoms with Crippen LogP contribution in [0.25, 0.3) is 16.7 Å². The largest absolute Gasteiger partial charge is 0.496 e. The number of amides is 1. The Morgan fingerprint density at radius 2 is 1.80 bits per heavy atom. The zero-order valence-corrected chi connectivity index (χ0v) is 17.0. The highest BCUT2D eigenvalue weighted by Gasteiger charge is 2.17. The summed E-state index contributed by atoms with van der Waals surface area (Å²) in [5.74, 6) is 1.17. The van der Waals surface area contributed by atoms with Crippen molar-refractivity contribution in [2.24, 2.45) is 0 Å². The Balaban J connectivity index is 1.67. The number of aryl methyl sites for hydroxylation is 1. The van der Waals surface area contributed by atoms with Gasteiger partial charge in [-0.25, -0.2) is 0 Å². The van der Waals surface area contributed by atoms with E-state index in [0.29, 0.717) is 24.2 Å². The van der Waals surface area contributed by atoms with E-state index < -0.39 is 0 Å². The first-order valence-electron chi connectivity index (χ1n) is 9.88. The predicted molar refractivity (Wildman–Crippen MR) is 114 cm³/mol. The number of aromatic nitrogens is 4. The van der Waals surface area contributed by atoms with Crippen LogP contribution in [0.5, 0.6) is 5.75 Å². The highest BCUT2D eigenvalue weighted by molar-refractivity contribution is 5.82. The van der Waals surface area contributed by atoms with Gasteiger partial charge in [0.1, 0.15) is 18.1 Å². The number of hydrogen-bond acceptors (Lipinski definition) is 5. The second kappa shape index (κ2) is 8.36. The first kappa shape index (κ1) is 19.6. The summed E-state index contributed by atoms with van der Waals surface area (Å²) in [6, 6.07) is 15.0. The molecule has 0 radical (unpaired) electrons. The standard InChI is InChI=1S/C22H23N5O3/c1-3-8-19-24-25-21-22(29)26(16-10-5-6-11-17(16)27(19)21)14-20(28)23-13-15-9-4-7-12-18(15)30-2/h4-7,9-12H,3,8,13-14H2,1-2H3,(H,23,28). The Kier molecular flexibility index (Phi) is 5.47. The molecule has 0 aliphatic heterocycles. The van der Waals surface area contributed by atoms with Crippen molar-refractivity contribution in [3.05, 3.63) is 70.3 Å². The van der Waals surface area contributed by atoms with Crippen LogP contribution < -0.4 is 15.6 Å². The number of para-hydroxylation sites is 3. The molecular formula is C22H23N5O3. The van der Waals surface area contributed by atoms with Gasteiger partial charge in [-0.15, -0.1) is 10.2 Å². The van der Waals surface area contributed by atoms with Crippen molar-refractivity contribution >= 4 is 22.6 Å². The van der Waals surface area contributed by atoms with Crippen molar-refractivity contribution in [3.8, 4) is 5.75 Å². The maximum atomic E-state index is 13.1. The van der Waals surface area contributed by atoms with E-state index in [9.17, 15) is 9.59 Å². The number of carbonyl (C=O) groups excluding carboxylic acids is 1. The molecule has 1 N–H and O–H groups in total. The van der Waals surface area contributed by atoms with Gasteiger partial charge in [-0.3, -0.25) is 18.6 Å². The van der Waals surface area contributed by atoms with E-state index in [1.165, 1.54) is 4.57 Å². The molecule has 0 aliphatic rings. The molecule has 154 valence electrons. The lowest BCUT2D eigenvalue weighted by Crippen LogP contribution is -2.33. The van der Waals surface area contributed by atoms with Crippen molar-refractivity contribution in [2.75, 3.05) is 7.11 Å². The lowest BCUT2D eigenvalue weighted by molar-refractivity contribution is -0.121. The molecule has 0 spiro atoms. The fourth-order valence-electron chi connectivity index (χ4n) is 3.60. The van der Waals surface area contributed by atoms with Crippen LogP contribution in [0.3, 0.4) is 0 Å². The van der Waals surface area contributed by atoms with Crippen molar-refractivity contribution in [2.45, 2.75) is 32.9 Å². The Hall–Kier alpha value is -3.68. The van der Waals surface area contributed by atoms with Crippen LogP contribution in [0.1, 0.15) is 24.7 Å². The Morgan fingerprint density at radius 3 is 2.57 bits per heavy atom. The zero-order valence-electron chi connectivity index (χ0n) is 17.0. The van der Waals surface area contributed by atoms with E-state index in [-0.39, 0.29) is 23.7 Å². The minimum Gasteiger partial charge on any atom is -0.496 e. The lowest BCUT2D eigenvalue weighted by Gasteiger charge is -2.13. The minimum absolute atomic E-state index is 0.110. The van der Waals surface area contributed by atoms with Crippen molar-refractivity contribution in [1.82, 2.24) is 24.5 Å². The third-order valence-electron chi connectivity index (χ3n) is 5.02. The fraction of sp³-hybridized carbons (Fsp3) is 0.273. The molecule has 2 heterocycles. The number of rotatable bonds is 7. The summed E-state index contributed by atoms with van der Waals surface area (Å²) >= 11 is 0. The third-order valence-corrected chi connectivity index (χ3v) is 5.02. The summed E-state index contributed by atoms with van der Waals surface area (Å²) in [7, 11) is 1.59. The van der Waals surface area contributed by atoms with E-state index in [2.05, 4.69) is 22.4 Å². The molecule has 8 nitrogen and oxygen atoms in total. The van der Waals surface area contributed by atoms with E-state index >= 15 is 0 Å². The molecular weight excluding hydrogens is 382 g/mol. The van der Waals surface area contributed by atoms with Crippen molar-refractivity contribution < 1.29 is 9.53 Å². The average Bonchev–Trinajstić information content (AvgIpc) is 3.20. The van der Waals surface area contributed by atoms with Crippen LogP contribution >= 0.6 is 0 Å². The van der Waals surface area contributed by atoms with E-state index in [4.69, 9.17) is 4.74 Å². The SMILES string of the molecule is CCCc1nnc2c(=O)n(CC(=O)NCc3ccccc3OC)c3ccccc3n12. The predicted octanol–water partition coefficient (Wildman–Crippen LogP) is 2.32. The van der Waals surface area contributed by atoms with Gasteiger partial charge in [0.25, 0.3) is 5.56 Å². The second-order valence-corrected chi connectivity index (χ2v) is 6.99. The summed E-state index contributed by atoms with van der Waals surface area (Å²) in [5, 5.41) is 11.2. The molecule has 0 saturated carbocycles. The number of methoxy groups -OCH3 is 1. The van der Waals surface area contributed by atoms with Crippen LogP contribution in [0.2, 0.25) is 0 Å². The molecule has 2 aromatic heterocycles. The maximum absolute atomic E-state index is 13.1. The molecule has 0 bridgehead atoms. The molecule has 0 saturated heterocycles. The smallest absolute Gasteiger partial charge is 0.297 e. The number of fused-ring (bicyclic) bond motifs is 3. The number of ether oxygens (including phenoxy) is 1. The Bertz CT molecular complexity index is 1270. The maximum Gasteiger partial charge on any atom is 0.297 e. The molecule has 0 atom stereocenters. The van der Waals surface area contributed by atoms with Gasteiger partial charge in [-0.05, 0) is 24.6 Å². The first-order chi connectivity index (χ1) is 14.6. The molecule has 30 heavy (non-hydrogen) atoms. The van der Waals surface area contributed by atoms with Gasteiger partial charge >= 0.3 is 0 Å². The quantitative estimate of drug-likeness (QED) is 0.510. The molecule has 1 amide bonds. The van der Waals surface area contributed by atoms with Crippen molar-refractivity contribution in [1.29, 1.82) is 0 Å². The van der Waals surface area contributed by atoms with Crippen LogP contribution in [-0.2, 0) is 24.3 Å². The Morgan fingerprint density at radius 1 is 1.07 bits per heavy atom. The topological polar surface area (TPSA) is 90.5 Å². The van der Waals surface area contributed by atoms with Gasteiger partial charge in [-0.2, -0.15) is 0 Å². The second-order valence-electron chi connectivity index (χ2n) is 6.99. The van der Waals surface area contributed by atoms with Crippen LogP contribution in [0, 0.1) is 0 Å². The summed E-state index contributed by atoms with van der Waals surface area (Å²) < 4.78 is 8.57. The van der Waals surface area contributed by atoms with E-state index in [1.54, 1.807) is 11.5 Å². The number of nitrogens with zero attached hydrogens (tertiary/aromatic N) is 4. The fourth-order valence-corrected chi connectivity index (χ4v) is 3.60. The molecule has 0 aliphatic carbocycles.